The first kappa shape index (κ1) is 23.6. The summed E-state index contributed by atoms with van der Waals surface area (Å²) in [5.41, 5.74) is -0.100. The second-order valence-corrected chi connectivity index (χ2v) is 7.46. The van der Waals surface area contributed by atoms with Crippen molar-refractivity contribution in [3.8, 4) is 0 Å². The topological polar surface area (TPSA) is 133 Å². The van der Waals surface area contributed by atoms with Crippen LogP contribution in [0.2, 0.25) is 0 Å². The van der Waals surface area contributed by atoms with E-state index in [1.54, 1.807) is 31.3 Å². The van der Waals surface area contributed by atoms with E-state index in [-0.39, 0.29) is 35.3 Å². The molecule has 33 heavy (non-hydrogen) atoms. The Labute approximate surface area is 189 Å². The average Bonchev–Trinajstić information content (AvgIpc) is 2.82. The molecule has 1 amide bonds. The monoisotopic (exact) mass is 452 g/mol. The number of aromatic nitrogens is 2. The molecule has 0 saturated carbocycles. The maximum atomic E-state index is 13.2. The summed E-state index contributed by atoms with van der Waals surface area (Å²) < 4.78 is 6.13. The van der Waals surface area contributed by atoms with Crippen LogP contribution in [-0.4, -0.2) is 33.5 Å². The van der Waals surface area contributed by atoms with Crippen LogP contribution in [0.25, 0.3) is 10.9 Å². The minimum absolute atomic E-state index is 0.00839. The molecule has 10 nitrogen and oxygen atoms in total. The summed E-state index contributed by atoms with van der Waals surface area (Å²) in [5, 5.41) is 14.9. The molecule has 0 bridgehead atoms. The summed E-state index contributed by atoms with van der Waals surface area (Å²) >= 11 is 0. The summed E-state index contributed by atoms with van der Waals surface area (Å²) in [4.78, 5) is 53.6. The maximum Gasteiger partial charge on any atom is 0.338 e. The molecule has 1 N–H and O–H groups in total. The first-order valence-electron chi connectivity index (χ1n) is 10.4. The minimum Gasteiger partial charge on any atom is -0.465 e. The SMILES string of the molecule is CCCC(C(=O)NCc1nc2ccccc2c(=O)n1C)c1c(C(=O)OC)cccc1[N+](=O)[O-]. The molecule has 1 aromatic heterocycles. The molecular formula is C23H24N4O6. The lowest BCUT2D eigenvalue weighted by Gasteiger charge is -2.19. The van der Waals surface area contributed by atoms with E-state index < -0.39 is 22.7 Å². The fourth-order valence-corrected chi connectivity index (χ4v) is 3.77. The molecule has 0 fully saturated rings. The van der Waals surface area contributed by atoms with Crippen molar-refractivity contribution in [2.75, 3.05) is 7.11 Å². The molecule has 3 aromatic rings. The second kappa shape index (κ2) is 10.0. The van der Waals surface area contributed by atoms with Crippen LogP contribution in [0.3, 0.4) is 0 Å². The third-order valence-corrected chi connectivity index (χ3v) is 5.42. The largest absolute Gasteiger partial charge is 0.465 e. The minimum atomic E-state index is -0.969. The van der Waals surface area contributed by atoms with Gasteiger partial charge in [0.05, 0.1) is 46.5 Å². The molecule has 0 aliphatic heterocycles. The van der Waals surface area contributed by atoms with Gasteiger partial charge in [0.25, 0.3) is 11.2 Å². The molecule has 3 rings (SSSR count). The van der Waals surface area contributed by atoms with Crippen LogP contribution in [-0.2, 0) is 23.1 Å². The quantitative estimate of drug-likeness (QED) is 0.316. The van der Waals surface area contributed by atoms with Crippen LogP contribution in [0.4, 0.5) is 5.69 Å². The van der Waals surface area contributed by atoms with Crippen LogP contribution < -0.4 is 10.9 Å². The summed E-state index contributed by atoms with van der Waals surface area (Å²) in [6.45, 7) is 1.77. The lowest BCUT2D eigenvalue weighted by molar-refractivity contribution is -0.385. The van der Waals surface area contributed by atoms with Crippen molar-refractivity contribution < 1.29 is 19.2 Å². The van der Waals surface area contributed by atoms with Crippen LogP contribution in [0, 0.1) is 10.1 Å². The van der Waals surface area contributed by atoms with Crippen LogP contribution in [0.1, 0.15) is 47.4 Å². The van der Waals surface area contributed by atoms with Gasteiger partial charge in [0.2, 0.25) is 5.91 Å². The Morgan fingerprint density at radius 3 is 2.61 bits per heavy atom. The number of carbonyl (C=O) groups is 2. The van der Waals surface area contributed by atoms with Crippen molar-refractivity contribution in [1.82, 2.24) is 14.9 Å². The van der Waals surface area contributed by atoms with Crippen molar-refractivity contribution in [3.63, 3.8) is 0 Å². The highest BCUT2D eigenvalue weighted by molar-refractivity contribution is 5.96. The summed E-state index contributed by atoms with van der Waals surface area (Å²) in [7, 11) is 2.73. The molecule has 0 saturated heterocycles. The number of nitro benzene ring substituents is 1. The Balaban J connectivity index is 1.98. The van der Waals surface area contributed by atoms with Crippen LogP contribution in [0.5, 0.6) is 0 Å². The van der Waals surface area contributed by atoms with E-state index in [4.69, 9.17) is 4.74 Å². The molecule has 10 heteroatoms. The van der Waals surface area contributed by atoms with E-state index in [9.17, 15) is 24.5 Å². The molecular weight excluding hydrogens is 428 g/mol. The predicted molar refractivity (Wildman–Crippen MR) is 121 cm³/mol. The van der Waals surface area contributed by atoms with Gasteiger partial charge in [-0.25, -0.2) is 9.78 Å². The van der Waals surface area contributed by atoms with E-state index in [1.165, 1.54) is 29.9 Å². The third kappa shape index (κ3) is 4.74. The molecule has 1 heterocycles. The van der Waals surface area contributed by atoms with E-state index in [2.05, 4.69) is 10.3 Å². The van der Waals surface area contributed by atoms with Crippen molar-refractivity contribution >= 4 is 28.5 Å². The third-order valence-electron chi connectivity index (χ3n) is 5.42. The van der Waals surface area contributed by atoms with Crippen molar-refractivity contribution in [3.05, 3.63) is 79.9 Å². The van der Waals surface area contributed by atoms with Crippen LogP contribution in [0.15, 0.2) is 47.3 Å². The Morgan fingerprint density at radius 2 is 1.94 bits per heavy atom. The number of ether oxygens (including phenoxy) is 1. The Morgan fingerprint density at radius 1 is 1.21 bits per heavy atom. The Kier molecular flexibility index (Phi) is 7.17. The second-order valence-electron chi connectivity index (χ2n) is 7.46. The molecule has 172 valence electrons. The standard InChI is InChI=1S/C23H24N4O6/c1-4-8-15(20-16(23(30)33-3)10-7-12-18(20)27(31)32)21(28)24-13-19-25-17-11-6-5-9-14(17)22(29)26(19)2/h5-7,9-12,15H,4,8,13H2,1-3H3,(H,24,28). The Bertz CT molecular complexity index is 1280. The molecule has 2 aromatic carbocycles. The highest BCUT2D eigenvalue weighted by Crippen LogP contribution is 2.34. The number of rotatable bonds is 8. The first-order valence-corrected chi connectivity index (χ1v) is 10.4. The van der Waals surface area contributed by atoms with Crippen molar-refractivity contribution in [2.45, 2.75) is 32.2 Å². The highest BCUT2D eigenvalue weighted by Gasteiger charge is 2.32. The van der Waals surface area contributed by atoms with E-state index >= 15 is 0 Å². The number of carbonyl (C=O) groups excluding carboxylic acids is 2. The molecule has 0 spiro atoms. The first-order chi connectivity index (χ1) is 15.8. The van der Waals surface area contributed by atoms with Gasteiger partial charge in [-0.3, -0.25) is 24.3 Å². The molecule has 1 atom stereocenters. The zero-order valence-corrected chi connectivity index (χ0v) is 18.5. The number of benzene rings is 2. The van der Waals surface area contributed by atoms with Gasteiger partial charge in [-0.2, -0.15) is 0 Å². The summed E-state index contributed by atoms with van der Waals surface area (Å²) in [5.74, 6) is -1.92. The number of amides is 1. The molecule has 0 aliphatic carbocycles. The zero-order chi connectivity index (χ0) is 24.1. The van der Waals surface area contributed by atoms with E-state index in [0.717, 1.165) is 0 Å². The molecule has 0 radical (unpaired) electrons. The fourth-order valence-electron chi connectivity index (χ4n) is 3.77. The number of hydrogen-bond donors (Lipinski definition) is 1. The number of hydrogen-bond acceptors (Lipinski definition) is 7. The van der Waals surface area contributed by atoms with Gasteiger partial charge in [-0.15, -0.1) is 0 Å². The van der Waals surface area contributed by atoms with E-state index in [1.807, 2.05) is 6.92 Å². The number of esters is 1. The highest BCUT2D eigenvalue weighted by atomic mass is 16.6. The molecule has 1 unspecified atom stereocenters. The number of fused-ring (bicyclic) bond motifs is 1. The van der Waals surface area contributed by atoms with Gasteiger partial charge in [-0.1, -0.05) is 31.5 Å². The number of methoxy groups -OCH3 is 1. The average molecular weight is 452 g/mol. The van der Waals surface area contributed by atoms with Gasteiger partial charge in [0.1, 0.15) is 5.82 Å². The van der Waals surface area contributed by atoms with E-state index in [0.29, 0.717) is 23.1 Å². The predicted octanol–water partition coefficient (Wildman–Crippen LogP) is 2.83. The van der Waals surface area contributed by atoms with Gasteiger partial charge in [0, 0.05) is 13.1 Å². The zero-order valence-electron chi connectivity index (χ0n) is 18.5. The number of nitro groups is 1. The Hall–Kier alpha value is -4.08. The lowest BCUT2D eigenvalue weighted by atomic mass is 9.88. The van der Waals surface area contributed by atoms with Gasteiger partial charge < -0.3 is 10.1 Å². The summed E-state index contributed by atoms with van der Waals surface area (Å²) in [6.07, 6.45) is 0.808. The number of nitrogens with one attached hydrogen (secondary N) is 1. The number of nitrogens with zero attached hydrogens (tertiary/aromatic N) is 3. The van der Waals surface area contributed by atoms with Crippen molar-refractivity contribution in [2.24, 2.45) is 7.05 Å². The lowest BCUT2D eigenvalue weighted by Crippen LogP contribution is -2.33. The molecule has 0 aliphatic rings. The smallest absolute Gasteiger partial charge is 0.338 e. The van der Waals surface area contributed by atoms with Crippen LogP contribution >= 0.6 is 0 Å². The van der Waals surface area contributed by atoms with Gasteiger partial charge in [0.15, 0.2) is 0 Å². The normalized spacial score (nSPS) is 11.7. The fraction of sp³-hybridized carbons (Fsp3) is 0.304. The van der Waals surface area contributed by atoms with Gasteiger partial charge in [-0.05, 0) is 24.6 Å². The van der Waals surface area contributed by atoms with Crippen molar-refractivity contribution in [1.29, 1.82) is 0 Å². The maximum absolute atomic E-state index is 13.2. The van der Waals surface area contributed by atoms with Gasteiger partial charge >= 0.3 is 5.97 Å². The summed E-state index contributed by atoms with van der Waals surface area (Å²) in [6, 6.07) is 10.9. The number of para-hydroxylation sites is 1.